The minimum atomic E-state index is -1.92. The quantitative estimate of drug-likeness (QED) is 0.285. The fourth-order valence-electron chi connectivity index (χ4n) is 7.38. The van der Waals surface area contributed by atoms with E-state index in [1.54, 1.807) is 33.4 Å². The van der Waals surface area contributed by atoms with Crippen molar-refractivity contribution >= 4 is 42.4 Å². The average Bonchev–Trinajstić information content (AvgIpc) is 3.68. The largest absolute Gasteiger partial charge is 0.147 e. The third-order valence-electron chi connectivity index (χ3n) is 9.59. The minimum absolute atomic E-state index is 0. The maximum Gasteiger partial charge on any atom is -0.147 e. The van der Waals surface area contributed by atoms with Gasteiger partial charge >= 0.3 is 214 Å². The minimum Gasteiger partial charge on any atom is -0.147 e. The predicted molar refractivity (Wildman–Crippen MR) is 156 cm³/mol. The SMILES string of the molecule is C[Si](C)=[Zr]([CH]1C(C2CC2)=Cc2c(C3CC3)cccc21)[CH]1C(C2CC2)=Cc2c(C3CC3)cccc21.Cl.Cl. The molecule has 0 N–H and O–H groups in total. The molecule has 0 amide bonds. The molecule has 188 valence electrons. The van der Waals surface area contributed by atoms with Crippen molar-refractivity contribution in [2.24, 2.45) is 11.8 Å². The first kappa shape index (κ1) is 25.9. The summed E-state index contributed by atoms with van der Waals surface area (Å²) in [6.45, 7) is 5.44. The molecule has 36 heavy (non-hydrogen) atoms. The van der Waals surface area contributed by atoms with Gasteiger partial charge in [0.2, 0.25) is 0 Å². The molecule has 2 unspecified atom stereocenters. The Labute approximate surface area is 237 Å². The Bertz CT molecular complexity index is 1220. The first-order valence-electron chi connectivity index (χ1n) is 14.0. The number of rotatable bonds is 6. The van der Waals surface area contributed by atoms with Gasteiger partial charge in [-0.1, -0.05) is 0 Å². The molecule has 0 heterocycles. The van der Waals surface area contributed by atoms with E-state index in [1.165, 1.54) is 51.4 Å². The van der Waals surface area contributed by atoms with Crippen LogP contribution in [0.25, 0.3) is 12.2 Å². The number of halogens is 2. The van der Waals surface area contributed by atoms with Crippen LogP contribution in [-0.4, -0.2) is 5.43 Å². The van der Waals surface area contributed by atoms with Crippen molar-refractivity contribution in [3.8, 4) is 0 Å². The van der Waals surface area contributed by atoms with Crippen molar-refractivity contribution in [1.82, 2.24) is 0 Å². The van der Waals surface area contributed by atoms with Crippen LogP contribution in [0.5, 0.6) is 0 Å². The molecule has 0 radical (unpaired) electrons. The molecule has 4 saturated carbocycles. The Kier molecular flexibility index (Phi) is 6.94. The Morgan fingerprint density at radius 2 is 0.917 bits per heavy atom. The van der Waals surface area contributed by atoms with Crippen molar-refractivity contribution in [2.45, 2.75) is 83.5 Å². The molecule has 2 aromatic rings. The number of hydrogen-bond donors (Lipinski definition) is 0. The molecule has 0 aliphatic heterocycles. The van der Waals surface area contributed by atoms with Crippen LogP contribution in [0, 0.1) is 11.8 Å². The molecule has 4 fully saturated rings. The second-order valence-electron chi connectivity index (χ2n) is 12.4. The zero-order chi connectivity index (χ0) is 22.6. The van der Waals surface area contributed by atoms with E-state index in [9.17, 15) is 0 Å². The Morgan fingerprint density at radius 3 is 1.25 bits per heavy atom. The van der Waals surface area contributed by atoms with E-state index in [0.717, 1.165) is 30.9 Å². The van der Waals surface area contributed by atoms with Crippen LogP contribution in [0.3, 0.4) is 0 Å². The van der Waals surface area contributed by atoms with Gasteiger partial charge in [0, 0.05) is 0 Å². The van der Waals surface area contributed by atoms with Gasteiger partial charge in [0.15, 0.2) is 0 Å². The molecule has 0 aromatic heterocycles. The predicted octanol–water partition coefficient (Wildman–Crippen LogP) is 9.55. The smallest absolute Gasteiger partial charge is 0.147 e. The van der Waals surface area contributed by atoms with Gasteiger partial charge in [-0.15, -0.1) is 24.8 Å². The summed E-state index contributed by atoms with van der Waals surface area (Å²) in [5.41, 5.74) is 14.0. The van der Waals surface area contributed by atoms with Gasteiger partial charge in [-0.25, -0.2) is 0 Å². The van der Waals surface area contributed by atoms with Gasteiger partial charge in [0.1, 0.15) is 0 Å². The molecule has 0 nitrogen and oxygen atoms in total. The molecule has 2 atom stereocenters. The van der Waals surface area contributed by atoms with Gasteiger partial charge in [-0.2, -0.15) is 0 Å². The van der Waals surface area contributed by atoms with Crippen LogP contribution in [0.4, 0.5) is 0 Å². The monoisotopic (exact) mass is 610 g/mol. The van der Waals surface area contributed by atoms with E-state index < -0.39 is 20.4 Å². The van der Waals surface area contributed by atoms with Crippen LogP contribution in [0.15, 0.2) is 47.5 Å². The summed E-state index contributed by atoms with van der Waals surface area (Å²) in [6.07, 6.45) is 17.1. The molecule has 8 rings (SSSR count). The van der Waals surface area contributed by atoms with E-state index in [4.69, 9.17) is 0 Å². The van der Waals surface area contributed by atoms with Crippen molar-refractivity contribution in [3.63, 3.8) is 0 Å². The number of fused-ring (bicyclic) bond motifs is 2. The summed E-state index contributed by atoms with van der Waals surface area (Å²) < 4.78 is 1.71. The van der Waals surface area contributed by atoms with E-state index in [2.05, 4.69) is 61.6 Å². The summed E-state index contributed by atoms with van der Waals surface area (Å²) in [5, 5.41) is 0. The summed E-state index contributed by atoms with van der Waals surface area (Å²) >= 11 is -1.92. The maximum absolute atomic E-state index is 2.77. The van der Waals surface area contributed by atoms with Crippen LogP contribution < -0.4 is 0 Å². The number of allylic oxidation sites excluding steroid dienone is 2. The molecule has 0 saturated heterocycles. The van der Waals surface area contributed by atoms with E-state index >= 15 is 0 Å². The Balaban J connectivity index is 0.00000120. The van der Waals surface area contributed by atoms with Crippen molar-refractivity contribution in [1.29, 1.82) is 0 Å². The van der Waals surface area contributed by atoms with E-state index in [0.29, 0.717) is 0 Å². The van der Waals surface area contributed by atoms with Crippen LogP contribution in [0.2, 0.25) is 13.1 Å². The standard InChI is InChI=1S/2C15H15.C2H6Si.2ClH.Zr/c2*1-2-12-8-13(10-4-5-10)9-15(12)14(3-1)11-6-7-11;1-3-2;;;/h2*1-3,8-11H,4-7H2;1-2H3;2*1H;. The topological polar surface area (TPSA) is 0 Å². The zero-order valence-electron chi connectivity index (χ0n) is 21.6. The third-order valence-corrected chi connectivity index (χ3v) is 28.9. The molecule has 0 bridgehead atoms. The normalized spacial score (nSPS) is 25.7. The molecule has 4 heteroatoms. The van der Waals surface area contributed by atoms with Gasteiger partial charge < -0.3 is 0 Å². The fourth-order valence-corrected chi connectivity index (χ4v) is 27.9. The summed E-state index contributed by atoms with van der Waals surface area (Å²) in [7, 11) is 0. The average molecular weight is 613 g/mol. The molecular weight excluding hydrogens is 575 g/mol. The van der Waals surface area contributed by atoms with E-state index in [1.807, 2.05) is 11.1 Å². The molecule has 6 aliphatic rings. The van der Waals surface area contributed by atoms with Crippen molar-refractivity contribution < 1.29 is 20.4 Å². The van der Waals surface area contributed by atoms with Crippen molar-refractivity contribution in [3.05, 3.63) is 80.9 Å². The Hall–Kier alpha value is -0.400. The molecule has 6 aliphatic carbocycles. The van der Waals surface area contributed by atoms with Gasteiger partial charge in [-0.3, -0.25) is 0 Å². The summed E-state index contributed by atoms with van der Waals surface area (Å²) in [4.78, 5) is 0. The molecular formula is C32H38Cl2SiZr. The first-order valence-corrected chi connectivity index (χ1v) is 23.1. The van der Waals surface area contributed by atoms with Crippen LogP contribution in [-0.2, 0) is 20.4 Å². The zero-order valence-corrected chi connectivity index (χ0v) is 26.6. The number of hydrogen-bond acceptors (Lipinski definition) is 0. The van der Waals surface area contributed by atoms with Gasteiger partial charge in [-0.05, 0) is 0 Å². The second kappa shape index (κ2) is 9.66. The van der Waals surface area contributed by atoms with Gasteiger partial charge in [0.25, 0.3) is 0 Å². The third kappa shape index (κ3) is 4.26. The molecule has 0 spiro atoms. The maximum atomic E-state index is 2.77. The number of benzene rings is 2. The fraction of sp³-hybridized carbons (Fsp3) is 0.500. The van der Waals surface area contributed by atoms with Gasteiger partial charge in [0.05, 0.1) is 0 Å². The van der Waals surface area contributed by atoms with E-state index in [-0.39, 0.29) is 30.2 Å². The summed E-state index contributed by atoms with van der Waals surface area (Å²) in [5.74, 6) is 3.54. The van der Waals surface area contributed by atoms with Crippen molar-refractivity contribution in [2.75, 3.05) is 0 Å². The first-order chi connectivity index (χ1) is 16.7. The van der Waals surface area contributed by atoms with Crippen LogP contribution in [0.1, 0.15) is 104 Å². The Morgan fingerprint density at radius 1 is 0.556 bits per heavy atom. The second-order valence-corrected chi connectivity index (χ2v) is 30.3. The molecule has 2 aromatic carbocycles. The van der Waals surface area contributed by atoms with Crippen LogP contribution >= 0.6 is 24.8 Å². The summed E-state index contributed by atoms with van der Waals surface area (Å²) in [6, 6.07) is 15.0.